The SMILES string of the molecule is C[C@@H](Nc1ccc2c(c1)OCCO2)C(=O)N1CCOCC1. The van der Waals surface area contributed by atoms with Gasteiger partial charge in [-0.3, -0.25) is 4.79 Å². The molecule has 1 atom stereocenters. The van der Waals surface area contributed by atoms with Crippen LogP contribution in [0.1, 0.15) is 6.92 Å². The second-order valence-corrected chi connectivity index (χ2v) is 5.16. The minimum atomic E-state index is -0.286. The number of carbonyl (C=O) groups is 1. The van der Waals surface area contributed by atoms with Crippen LogP contribution in [0.15, 0.2) is 18.2 Å². The second-order valence-electron chi connectivity index (χ2n) is 5.16. The summed E-state index contributed by atoms with van der Waals surface area (Å²) in [5.74, 6) is 1.56. The number of benzene rings is 1. The van der Waals surface area contributed by atoms with Crippen molar-refractivity contribution in [2.45, 2.75) is 13.0 Å². The fourth-order valence-electron chi connectivity index (χ4n) is 2.50. The van der Waals surface area contributed by atoms with Gasteiger partial charge in [-0.2, -0.15) is 0 Å². The molecule has 1 saturated heterocycles. The smallest absolute Gasteiger partial charge is 0.244 e. The highest BCUT2D eigenvalue weighted by Crippen LogP contribution is 2.32. The summed E-state index contributed by atoms with van der Waals surface area (Å²) in [7, 11) is 0. The topological polar surface area (TPSA) is 60.0 Å². The summed E-state index contributed by atoms with van der Waals surface area (Å²) in [5.41, 5.74) is 0.855. The molecule has 1 fully saturated rings. The molecular weight excluding hydrogens is 272 g/mol. The summed E-state index contributed by atoms with van der Waals surface area (Å²) in [6.45, 7) is 5.54. The van der Waals surface area contributed by atoms with E-state index in [1.165, 1.54) is 0 Å². The lowest BCUT2D eigenvalue weighted by Gasteiger charge is -2.30. The number of hydrogen-bond acceptors (Lipinski definition) is 5. The zero-order valence-electron chi connectivity index (χ0n) is 12.1. The van der Waals surface area contributed by atoms with Gasteiger partial charge in [-0.05, 0) is 19.1 Å². The zero-order chi connectivity index (χ0) is 14.7. The van der Waals surface area contributed by atoms with E-state index in [1.807, 2.05) is 30.0 Å². The van der Waals surface area contributed by atoms with Crippen molar-refractivity contribution in [3.8, 4) is 11.5 Å². The third-order valence-electron chi connectivity index (χ3n) is 3.62. The molecule has 6 heteroatoms. The van der Waals surface area contributed by atoms with Crippen molar-refractivity contribution >= 4 is 11.6 Å². The molecule has 3 rings (SSSR count). The average Bonchev–Trinajstić information content (AvgIpc) is 2.55. The van der Waals surface area contributed by atoms with E-state index in [-0.39, 0.29) is 11.9 Å². The highest BCUT2D eigenvalue weighted by molar-refractivity contribution is 5.84. The maximum atomic E-state index is 12.3. The first-order valence-electron chi connectivity index (χ1n) is 7.27. The Labute approximate surface area is 124 Å². The number of carbonyl (C=O) groups excluding carboxylic acids is 1. The van der Waals surface area contributed by atoms with Crippen molar-refractivity contribution in [2.75, 3.05) is 44.8 Å². The molecule has 0 radical (unpaired) electrons. The van der Waals surface area contributed by atoms with Crippen LogP contribution in [0.2, 0.25) is 0 Å². The van der Waals surface area contributed by atoms with Crippen molar-refractivity contribution < 1.29 is 19.0 Å². The van der Waals surface area contributed by atoms with Gasteiger partial charge in [0.25, 0.3) is 0 Å². The van der Waals surface area contributed by atoms with Crippen LogP contribution in [0, 0.1) is 0 Å². The lowest BCUT2D eigenvalue weighted by molar-refractivity contribution is -0.135. The van der Waals surface area contributed by atoms with Gasteiger partial charge in [-0.15, -0.1) is 0 Å². The molecule has 1 aromatic carbocycles. The normalized spacial score (nSPS) is 19.0. The number of rotatable bonds is 3. The Morgan fingerprint density at radius 2 is 1.86 bits per heavy atom. The predicted octanol–water partition coefficient (Wildman–Crippen LogP) is 1.12. The summed E-state index contributed by atoms with van der Waals surface area (Å²) in [6.07, 6.45) is 0. The Balaban J connectivity index is 1.63. The number of nitrogens with one attached hydrogen (secondary N) is 1. The minimum Gasteiger partial charge on any atom is -0.486 e. The average molecular weight is 292 g/mol. The number of fused-ring (bicyclic) bond motifs is 1. The standard InChI is InChI=1S/C15H20N2O4/c1-11(15(18)17-4-6-19-7-5-17)16-12-2-3-13-14(10-12)21-9-8-20-13/h2-3,10-11,16H,4-9H2,1H3/t11-/m1/s1. The number of ether oxygens (including phenoxy) is 3. The Morgan fingerprint density at radius 3 is 2.62 bits per heavy atom. The molecule has 1 N–H and O–H groups in total. The van der Waals surface area contributed by atoms with E-state index in [0.29, 0.717) is 39.5 Å². The van der Waals surface area contributed by atoms with Crippen molar-refractivity contribution in [1.29, 1.82) is 0 Å². The van der Waals surface area contributed by atoms with Crippen molar-refractivity contribution in [3.63, 3.8) is 0 Å². The molecule has 2 aliphatic heterocycles. The van der Waals surface area contributed by atoms with Crippen LogP contribution in [0.4, 0.5) is 5.69 Å². The van der Waals surface area contributed by atoms with E-state index in [4.69, 9.17) is 14.2 Å². The van der Waals surface area contributed by atoms with Gasteiger partial charge in [0, 0.05) is 24.8 Å². The van der Waals surface area contributed by atoms with Gasteiger partial charge in [-0.25, -0.2) is 0 Å². The maximum absolute atomic E-state index is 12.3. The third kappa shape index (κ3) is 3.21. The Bertz CT molecular complexity index is 514. The number of anilines is 1. The summed E-state index contributed by atoms with van der Waals surface area (Å²) in [6, 6.07) is 5.35. The van der Waals surface area contributed by atoms with E-state index in [2.05, 4.69) is 5.32 Å². The van der Waals surface area contributed by atoms with E-state index in [9.17, 15) is 4.79 Å². The highest BCUT2D eigenvalue weighted by atomic mass is 16.6. The molecule has 21 heavy (non-hydrogen) atoms. The molecule has 0 unspecified atom stereocenters. The number of nitrogens with zero attached hydrogens (tertiary/aromatic N) is 1. The van der Waals surface area contributed by atoms with Gasteiger partial charge in [0.2, 0.25) is 5.91 Å². The fourth-order valence-corrected chi connectivity index (χ4v) is 2.50. The first kappa shape index (κ1) is 14.0. The van der Waals surface area contributed by atoms with Crippen LogP contribution in [0.3, 0.4) is 0 Å². The summed E-state index contributed by atoms with van der Waals surface area (Å²) >= 11 is 0. The molecule has 0 aliphatic carbocycles. The lowest BCUT2D eigenvalue weighted by atomic mass is 10.2. The molecule has 0 aromatic heterocycles. The summed E-state index contributed by atoms with van der Waals surface area (Å²) in [5, 5.41) is 3.22. The first-order chi connectivity index (χ1) is 10.2. The zero-order valence-corrected chi connectivity index (χ0v) is 12.1. The van der Waals surface area contributed by atoms with E-state index >= 15 is 0 Å². The number of amides is 1. The number of hydrogen-bond donors (Lipinski definition) is 1. The van der Waals surface area contributed by atoms with Gasteiger partial charge < -0.3 is 24.4 Å². The summed E-state index contributed by atoms with van der Waals surface area (Å²) in [4.78, 5) is 14.2. The fraction of sp³-hybridized carbons (Fsp3) is 0.533. The van der Waals surface area contributed by atoms with Gasteiger partial charge in [0.05, 0.1) is 13.2 Å². The Morgan fingerprint density at radius 1 is 1.14 bits per heavy atom. The van der Waals surface area contributed by atoms with E-state index in [0.717, 1.165) is 17.2 Å². The van der Waals surface area contributed by atoms with Gasteiger partial charge in [0.1, 0.15) is 19.3 Å². The largest absolute Gasteiger partial charge is 0.486 e. The molecule has 1 aromatic rings. The molecule has 0 saturated carbocycles. The van der Waals surface area contributed by atoms with Crippen LogP contribution in [-0.2, 0) is 9.53 Å². The maximum Gasteiger partial charge on any atom is 0.244 e. The third-order valence-corrected chi connectivity index (χ3v) is 3.62. The van der Waals surface area contributed by atoms with Crippen molar-refractivity contribution in [2.24, 2.45) is 0 Å². The van der Waals surface area contributed by atoms with Crippen LogP contribution in [-0.4, -0.2) is 56.4 Å². The van der Waals surface area contributed by atoms with Gasteiger partial charge in [0.15, 0.2) is 11.5 Å². The monoisotopic (exact) mass is 292 g/mol. The Hall–Kier alpha value is -1.95. The minimum absolute atomic E-state index is 0.0909. The molecule has 114 valence electrons. The van der Waals surface area contributed by atoms with E-state index < -0.39 is 0 Å². The van der Waals surface area contributed by atoms with Crippen molar-refractivity contribution in [3.05, 3.63) is 18.2 Å². The Kier molecular flexibility index (Phi) is 4.15. The molecular formula is C15H20N2O4. The highest BCUT2D eigenvalue weighted by Gasteiger charge is 2.22. The van der Waals surface area contributed by atoms with Gasteiger partial charge >= 0.3 is 0 Å². The predicted molar refractivity (Wildman–Crippen MR) is 77.9 cm³/mol. The number of morpholine rings is 1. The quantitative estimate of drug-likeness (QED) is 0.904. The van der Waals surface area contributed by atoms with E-state index in [1.54, 1.807) is 0 Å². The molecule has 0 bridgehead atoms. The molecule has 2 heterocycles. The molecule has 2 aliphatic rings. The molecule has 1 amide bonds. The summed E-state index contributed by atoms with van der Waals surface area (Å²) < 4.78 is 16.3. The van der Waals surface area contributed by atoms with Crippen LogP contribution in [0.5, 0.6) is 11.5 Å². The molecule has 6 nitrogen and oxygen atoms in total. The van der Waals surface area contributed by atoms with Crippen LogP contribution >= 0.6 is 0 Å². The van der Waals surface area contributed by atoms with Gasteiger partial charge in [-0.1, -0.05) is 0 Å². The first-order valence-corrected chi connectivity index (χ1v) is 7.27. The molecule has 0 spiro atoms. The van der Waals surface area contributed by atoms with Crippen molar-refractivity contribution in [1.82, 2.24) is 4.90 Å². The van der Waals surface area contributed by atoms with Crippen LogP contribution in [0.25, 0.3) is 0 Å². The van der Waals surface area contributed by atoms with Crippen LogP contribution < -0.4 is 14.8 Å². The second kappa shape index (κ2) is 6.22. The lowest BCUT2D eigenvalue weighted by Crippen LogP contribution is -2.47.